The first-order valence-corrected chi connectivity index (χ1v) is 6.72. The van der Waals surface area contributed by atoms with Gasteiger partial charge in [-0.15, -0.1) is 0 Å². The van der Waals surface area contributed by atoms with Gasteiger partial charge in [0.05, 0.1) is 0 Å². The zero-order chi connectivity index (χ0) is 14.5. The van der Waals surface area contributed by atoms with Crippen molar-refractivity contribution in [1.29, 1.82) is 0 Å². The molecule has 1 unspecified atom stereocenters. The minimum atomic E-state index is -0.886. The SMILES string of the molecule is Cc1cc(Cl)ccc1CNC(C(=O)O)c1ccccc1. The van der Waals surface area contributed by atoms with Crippen molar-refractivity contribution in [3.63, 3.8) is 0 Å². The summed E-state index contributed by atoms with van der Waals surface area (Å²) in [6.07, 6.45) is 0. The number of halogens is 1. The molecule has 2 aromatic carbocycles. The molecule has 0 bridgehead atoms. The van der Waals surface area contributed by atoms with E-state index in [2.05, 4.69) is 5.32 Å². The molecular formula is C16H16ClNO2. The monoisotopic (exact) mass is 289 g/mol. The van der Waals surface area contributed by atoms with Crippen LogP contribution in [0, 0.1) is 6.92 Å². The van der Waals surface area contributed by atoms with E-state index < -0.39 is 12.0 Å². The average molecular weight is 290 g/mol. The Balaban J connectivity index is 2.12. The van der Waals surface area contributed by atoms with E-state index in [1.807, 2.05) is 43.3 Å². The van der Waals surface area contributed by atoms with Crippen LogP contribution < -0.4 is 5.32 Å². The van der Waals surface area contributed by atoms with Crippen LogP contribution >= 0.6 is 11.6 Å². The number of rotatable bonds is 5. The number of carbonyl (C=O) groups is 1. The molecule has 3 nitrogen and oxygen atoms in total. The van der Waals surface area contributed by atoms with Crippen molar-refractivity contribution in [2.24, 2.45) is 0 Å². The lowest BCUT2D eigenvalue weighted by Gasteiger charge is -2.16. The molecular weight excluding hydrogens is 274 g/mol. The first kappa shape index (κ1) is 14.6. The average Bonchev–Trinajstić information content (AvgIpc) is 2.42. The smallest absolute Gasteiger partial charge is 0.325 e. The molecule has 2 aromatic rings. The summed E-state index contributed by atoms with van der Waals surface area (Å²) < 4.78 is 0. The third-order valence-electron chi connectivity index (χ3n) is 3.18. The van der Waals surface area contributed by atoms with Crippen LogP contribution in [0.5, 0.6) is 0 Å². The van der Waals surface area contributed by atoms with Gasteiger partial charge >= 0.3 is 5.97 Å². The summed E-state index contributed by atoms with van der Waals surface area (Å²) in [4.78, 5) is 11.4. The Morgan fingerprint density at radius 2 is 1.95 bits per heavy atom. The second-order valence-electron chi connectivity index (χ2n) is 4.63. The molecule has 0 radical (unpaired) electrons. The van der Waals surface area contributed by atoms with Gasteiger partial charge in [0.2, 0.25) is 0 Å². The summed E-state index contributed by atoms with van der Waals surface area (Å²) in [6.45, 7) is 2.44. The summed E-state index contributed by atoms with van der Waals surface area (Å²) >= 11 is 5.91. The van der Waals surface area contributed by atoms with Gasteiger partial charge in [-0.3, -0.25) is 10.1 Å². The second kappa shape index (κ2) is 6.55. The summed E-state index contributed by atoms with van der Waals surface area (Å²) in [5, 5.41) is 13.1. The van der Waals surface area contributed by atoms with Crippen molar-refractivity contribution < 1.29 is 9.90 Å². The quantitative estimate of drug-likeness (QED) is 0.885. The fourth-order valence-corrected chi connectivity index (χ4v) is 2.29. The van der Waals surface area contributed by atoms with Crippen LogP contribution in [0.3, 0.4) is 0 Å². The summed E-state index contributed by atoms with van der Waals surface area (Å²) in [5.41, 5.74) is 2.82. The van der Waals surface area contributed by atoms with Gasteiger partial charge in [-0.2, -0.15) is 0 Å². The van der Waals surface area contributed by atoms with Crippen LogP contribution in [-0.2, 0) is 11.3 Å². The molecule has 0 spiro atoms. The molecule has 4 heteroatoms. The summed E-state index contributed by atoms with van der Waals surface area (Å²) in [7, 11) is 0. The molecule has 2 N–H and O–H groups in total. The van der Waals surface area contributed by atoms with Crippen molar-refractivity contribution in [3.8, 4) is 0 Å². The Bertz CT molecular complexity index is 599. The predicted octanol–water partition coefficient (Wildman–Crippen LogP) is 3.56. The molecule has 1 atom stereocenters. The Morgan fingerprint density at radius 3 is 2.55 bits per heavy atom. The molecule has 0 aliphatic rings. The van der Waals surface area contributed by atoms with Gasteiger partial charge in [0, 0.05) is 11.6 Å². The predicted molar refractivity (Wildman–Crippen MR) is 79.8 cm³/mol. The highest BCUT2D eigenvalue weighted by molar-refractivity contribution is 6.30. The first-order valence-electron chi connectivity index (χ1n) is 6.34. The van der Waals surface area contributed by atoms with Gasteiger partial charge < -0.3 is 5.11 Å². The Hall–Kier alpha value is -1.84. The number of benzene rings is 2. The Morgan fingerprint density at radius 1 is 1.25 bits per heavy atom. The van der Waals surface area contributed by atoms with E-state index in [1.165, 1.54) is 0 Å². The van der Waals surface area contributed by atoms with Gasteiger partial charge in [-0.25, -0.2) is 0 Å². The number of hydrogen-bond acceptors (Lipinski definition) is 2. The van der Waals surface area contributed by atoms with Gasteiger partial charge in [0.1, 0.15) is 6.04 Å². The van der Waals surface area contributed by atoms with E-state index in [9.17, 15) is 9.90 Å². The number of nitrogens with one attached hydrogen (secondary N) is 1. The molecule has 104 valence electrons. The molecule has 0 aromatic heterocycles. The van der Waals surface area contributed by atoms with Crippen molar-refractivity contribution in [2.75, 3.05) is 0 Å². The highest BCUT2D eigenvalue weighted by Crippen LogP contribution is 2.17. The lowest BCUT2D eigenvalue weighted by Crippen LogP contribution is -2.28. The molecule has 0 aliphatic carbocycles. The van der Waals surface area contributed by atoms with Crippen molar-refractivity contribution >= 4 is 17.6 Å². The normalized spacial score (nSPS) is 12.1. The third kappa shape index (κ3) is 3.59. The van der Waals surface area contributed by atoms with Gasteiger partial charge in [0.25, 0.3) is 0 Å². The maximum Gasteiger partial charge on any atom is 0.325 e. The maximum atomic E-state index is 11.4. The molecule has 2 rings (SSSR count). The number of carboxylic acids is 1. The van der Waals surface area contributed by atoms with Crippen LogP contribution in [0.25, 0.3) is 0 Å². The third-order valence-corrected chi connectivity index (χ3v) is 3.42. The van der Waals surface area contributed by atoms with E-state index in [0.29, 0.717) is 11.6 Å². The molecule has 0 saturated heterocycles. The molecule has 0 heterocycles. The highest BCUT2D eigenvalue weighted by Gasteiger charge is 2.18. The van der Waals surface area contributed by atoms with Crippen molar-refractivity contribution in [3.05, 3.63) is 70.2 Å². The van der Waals surface area contributed by atoms with Crippen LogP contribution in [0.1, 0.15) is 22.7 Å². The lowest BCUT2D eigenvalue weighted by atomic mass is 10.1. The van der Waals surface area contributed by atoms with Crippen LogP contribution in [0.15, 0.2) is 48.5 Å². The topological polar surface area (TPSA) is 49.3 Å². The van der Waals surface area contributed by atoms with Gasteiger partial charge in [0.15, 0.2) is 0 Å². The number of carboxylic acid groups (broad SMARTS) is 1. The van der Waals surface area contributed by atoms with E-state index in [1.54, 1.807) is 12.1 Å². The zero-order valence-electron chi connectivity index (χ0n) is 11.1. The van der Waals surface area contributed by atoms with Crippen LogP contribution in [-0.4, -0.2) is 11.1 Å². The van der Waals surface area contributed by atoms with Gasteiger partial charge in [-0.1, -0.05) is 48.0 Å². The fraction of sp³-hybridized carbons (Fsp3) is 0.188. The Labute approximate surface area is 123 Å². The van der Waals surface area contributed by atoms with Crippen LogP contribution in [0.4, 0.5) is 0 Å². The summed E-state index contributed by atoms with van der Waals surface area (Å²) in [6, 6.07) is 14.0. The zero-order valence-corrected chi connectivity index (χ0v) is 11.9. The second-order valence-corrected chi connectivity index (χ2v) is 5.07. The highest BCUT2D eigenvalue weighted by atomic mass is 35.5. The lowest BCUT2D eigenvalue weighted by molar-refractivity contribution is -0.139. The van der Waals surface area contributed by atoms with Crippen molar-refractivity contribution in [2.45, 2.75) is 19.5 Å². The number of aryl methyl sites for hydroxylation is 1. The van der Waals surface area contributed by atoms with E-state index in [4.69, 9.17) is 11.6 Å². The van der Waals surface area contributed by atoms with E-state index in [-0.39, 0.29) is 0 Å². The van der Waals surface area contributed by atoms with Gasteiger partial charge in [-0.05, 0) is 35.7 Å². The van der Waals surface area contributed by atoms with E-state index >= 15 is 0 Å². The molecule has 0 amide bonds. The molecule has 20 heavy (non-hydrogen) atoms. The first-order chi connectivity index (χ1) is 9.58. The number of hydrogen-bond donors (Lipinski definition) is 2. The molecule has 0 aliphatic heterocycles. The van der Waals surface area contributed by atoms with Crippen molar-refractivity contribution in [1.82, 2.24) is 5.32 Å². The molecule has 0 fully saturated rings. The number of aliphatic carboxylic acids is 1. The van der Waals surface area contributed by atoms with E-state index in [0.717, 1.165) is 16.7 Å². The summed E-state index contributed by atoms with van der Waals surface area (Å²) in [5.74, 6) is -0.886. The fourth-order valence-electron chi connectivity index (χ4n) is 2.06. The molecule has 0 saturated carbocycles. The minimum absolute atomic E-state index is 0.481. The maximum absolute atomic E-state index is 11.4. The largest absolute Gasteiger partial charge is 0.480 e. The standard InChI is InChI=1S/C16H16ClNO2/c1-11-9-14(17)8-7-13(11)10-18-15(16(19)20)12-5-3-2-4-6-12/h2-9,15,18H,10H2,1H3,(H,19,20). The minimum Gasteiger partial charge on any atom is -0.480 e. The Kier molecular flexibility index (Phi) is 4.77. The van der Waals surface area contributed by atoms with Crippen LogP contribution in [0.2, 0.25) is 5.02 Å².